The first-order chi connectivity index (χ1) is 16.2. The van der Waals surface area contributed by atoms with Gasteiger partial charge in [0.25, 0.3) is 0 Å². The number of nitrogens with zero attached hydrogens (tertiary/aromatic N) is 1. The fourth-order valence-electron chi connectivity index (χ4n) is 3.19. The number of thiocarbonyl (C=S) groups is 1. The largest absolute Gasteiger partial charge is 0.480 e. The van der Waals surface area contributed by atoms with E-state index in [1.54, 1.807) is 0 Å². The minimum Gasteiger partial charge on any atom is -0.480 e. The Kier molecular flexibility index (Phi) is 11.3. The van der Waals surface area contributed by atoms with E-state index in [2.05, 4.69) is 10.6 Å². The van der Waals surface area contributed by atoms with Gasteiger partial charge in [0.2, 0.25) is 5.91 Å². The molecule has 4 N–H and O–H groups in total. The summed E-state index contributed by atoms with van der Waals surface area (Å²) in [4.78, 5) is 70.0. The SMILES string of the molecule is CC(=O)N[C@H]1C(NC(=S)N(CC(=O)O)CC(=O)O)O[C@H](COC(C)=O)[C@@H](OC(C)=O)[C@@H]1OC(C)=O. The fourth-order valence-corrected chi connectivity index (χ4v) is 3.44. The minimum atomic E-state index is -1.38. The van der Waals surface area contributed by atoms with E-state index in [4.69, 9.17) is 41.4 Å². The van der Waals surface area contributed by atoms with E-state index in [0.717, 1.165) is 32.6 Å². The zero-order valence-electron chi connectivity index (χ0n) is 19.3. The Hall–Kier alpha value is -3.53. The van der Waals surface area contributed by atoms with Gasteiger partial charge < -0.3 is 44.7 Å². The summed E-state index contributed by atoms with van der Waals surface area (Å²) in [5.41, 5.74) is 0. The van der Waals surface area contributed by atoms with Gasteiger partial charge in [-0.25, -0.2) is 0 Å². The lowest BCUT2D eigenvalue weighted by Gasteiger charge is -2.46. The van der Waals surface area contributed by atoms with Crippen LogP contribution in [0.15, 0.2) is 0 Å². The van der Waals surface area contributed by atoms with Crippen LogP contribution < -0.4 is 10.6 Å². The molecular formula is C19H27N3O12S. The molecule has 5 atom stereocenters. The average Bonchev–Trinajstić information content (AvgIpc) is 2.68. The molecule has 0 aliphatic carbocycles. The summed E-state index contributed by atoms with van der Waals surface area (Å²) >= 11 is 5.15. The summed E-state index contributed by atoms with van der Waals surface area (Å²) in [5.74, 6) is -5.66. The maximum atomic E-state index is 11.9. The third-order valence-electron chi connectivity index (χ3n) is 4.32. The molecule has 1 aliphatic rings. The molecule has 0 saturated carbocycles. The highest BCUT2D eigenvalue weighted by Crippen LogP contribution is 2.26. The number of carbonyl (C=O) groups is 6. The summed E-state index contributed by atoms with van der Waals surface area (Å²) < 4.78 is 21.4. The van der Waals surface area contributed by atoms with Crippen molar-refractivity contribution in [1.29, 1.82) is 0 Å². The average molecular weight is 522 g/mol. The van der Waals surface area contributed by atoms with Crippen molar-refractivity contribution in [1.82, 2.24) is 15.5 Å². The van der Waals surface area contributed by atoms with Crippen LogP contribution in [0.3, 0.4) is 0 Å². The smallest absolute Gasteiger partial charge is 0.323 e. The van der Waals surface area contributed by atoms with Crippen molar-refractivity contribution in [3.63, 3.8) is 0 Å². The van der Waals surface area contributed by atoms with Crippen LogP contribution in [0.25, 0.3) is 0 Å². The standard InChI is InChI=1S/C19H27N3O12S/c1-8(23)20-15-17(33-11(4)26)16(32-10(3)25)12(7-31-9(2)24)34-18(15)21-19(35)22(5-13(27)28)6-14(29)30/h12,15-18H,5-7H2,1-4H3,(H,20,23)(H,21,35)(H,27,28)(H,29,30)/t12-,15-,16-,17-,18?/m1/s1. The van der Waals surface area contributed by atoms with Crippen molar-refractivity contribution < 1.29 is 57.9 Å². The Morgan fingerprint density at radius 3 is 1.80 bits per heavy atom. The van der Waals surface area contributed by atoms with Crippen LogP contribution in [0.5, 0.6) is 0 Å². The topological polar surface area (TPSA) is 207 Å². The molecule has 0 bridgehead atoms. The van der Waals surface area contributed by atoms with Gasteiger partial charge in [-0.2, -0.15) is 0 Å². The molecule has 1 unspecified atom stereocenters. The lowest BCUT2D eigenvalue weighted by molar-refractivity contribution is -0.225. The second-order valence-electron chi connectivity index (χ2n) is 7.37. The highest BCUT2D eigenvalue weighted by molar-refractivity contribution is 7.80. The molecule has 1 aliphatic heterocycles. The molecule has 1 amide bonds. The second-order valence-corrected chi connectivity index (χ2v) is 7.75. The summed E-state index contributed by atoms with van der Waals surface area (Å²) in [5, 5.41) is 22.9. The van der Waals surface area contributed by atoms with Crippen LogP contribution in [0, 0.1) is 0 Å². The number of nitrogens with one attached hydrogen (secondary N) is 2. The van der Waals surface area contributed by atoms with Gasteiger partial charge in [0.1, 0.15) is 31.8 Å². The van der Waals surface area contributed by atoms with Gasteiger partial charge in [0.15, 0.2) is 23.5 Å². The zero-order valence-corrected chi connectivity index (χ0v) is 20.2. The molecule has 0 radical (unpaired) electrons. The Morgan fingerprint density at radius 1 is 0.857 bits per heavy atom. The van der Waals surface area contributed by atoms with Gasteiger partial charge in [-0.15, -0.1) is 0 Å². The number of esters is 3. The van der Waals surface area contributed by atoms with Crippen LogP contribution in [-0.2, 0) is 47.7 Å². The molecule has 1 saturated heterocycles. The minimum absolute atomic E-state index is 0.381. The van der Waals surface area contributed by atoms with Gasteiger partial charge >= 0.3 is 29.8 Å². The van der Waals surface area contributed by atoms with Gasteiger partial charge in [0.05, 0.1) is 0 Å². The van der Waals surface area contributed by atoms with Crippen molar-refractivity contribution in [3.05, 3.63) is 0 Å². The van der Waals surface area contributed by atoms with Crippen molar-refractivity contribution in [3.8, 4) is 0 Å². The van der Waals surface area contributed by atoms with Gasteiger partial charge in [0, 0.05) is 27.7 Å². The number of hydrogen-bond acceptors (Lipinski definition) is 11. The van der Waals surface area contributed by atoms with Crippen LogP contribution in [0.4, 0.5) is 0 Å². The predicted molar refractivity (Wildman–Crippen MR) is 117 cm³/mol. The third kappa shape index (κ3) is 10.1. The van der Waals surface area contributed by atoms with Gasteiger partial charge in [-0.05, 0) is 12.2 Å². The van der Waals surface area contributed by atoms with E-state index in [9.17, 15) is 28.8 Å². The molecule has 1 fully saturated rings. The normalized spacial score (nSPS) is 23.3. The first kappa shape index (κ1) is 29.5. The van der Waals surface area contributed by atoms with E-state index in [1.165, 1.54) is 0 Å². The van der Waals surface area contributed by atoms with Crippen molar-refractivity contribution in [2.45, 2.75) is 58.3 Å². The van der Waals surface area contributed by atoms with Crippen molar-refractivity contribution in [2.24, 2.45) is 0 Å². The fraction of sp³-hybridized carbons (Fsp3) is 0.632. The number of hydrogen-bond donors (Lipinski definition) is 4. The van der Waals surface area contributed by atoms with Crippen LogP contribution in [0.1, 0.15) is 27.7 Å². The van der Waals surface area contributed by atoms with Gasteiger partial charge in [-0.1, -0.05) is 0 Å². The van der Waals surface area contributed by atoms with Crippen LogP contribution >= 0.6 is 12.2 Å². The summed E-state index contributed by atoms with van der Waals surface area (Å²) in [6, 6.07) is -1.26. The van der Waals surface area contributed by atoms with E-state index < -0.39 is 86.0 Å². The number of rotatable bonds is 10. The molecule has 1 heterocycles. The first-order valence-corrected chi connectivity index (χ1v) is 10.5. The number of ether oxygens (including phenoxy) is 4. The third-order valence-corrected chi connectivity index (χ3v) is 4.70. The monoisotopic (exact) mass is 521 g/mol. The second kappa shape index (κ2) is 13.4. The lowest BCUT2D eigenvalue weighted by Crippen LogP contribution is -2.70. The molecule has 0 aromatic heterocycles. The zero-order chi connectivity index (χ0) is 26.9. The molecule has 196 valence electrons. The number of carboxylic acid groups (broad SMARTS) is 2. The molecular weight excluding hydrogens is 494 g/mol. The Balaban J connectivity index is 3.41. The maximum Gasteiger partial charge on any atom is 0.323 e. The van der Waals surface area contributed by atoms with E-state index in [1.807, 2.05) is 0 Å². The molecule has 0 spiro atoms. The van der Waals surface area contributed by atoms with Crippen molar-refractivity contribution in [2.75, 3.05) is 19.7 Å². The molecule has 16 heteroatoms. The highest BCUT2D eigenvalue weighted by atomic mass is 32.1. The van der Waals surface area contributed by atoms with E-state index >= 15 is 0 Å². The molecule has 15 nitrogen and oxygen atoms in total. The number of amides is 1. The Labute approximate surface area is 205 Å². The maximum absolute atomic E-state index is 11.9. The van der Waals surface area contributed by atoms with Crippen LogP contribution in [0.2, 0.25) is 0 Å². The molecule has 0 aromatic carbocycles. The van der Waals surface area contributed by atoms with Gasteiger partial charge in [-0.3, -0.25) is 28.8 Å². The van der Waals surface area contributed by atoms with E-state index in [0.29, 0.717) is 0 Å². The molecule has 0 aromatic rings. The Bertz CT molecular complexity index is 850. The summed E-state index contributed by atoms with van der Waals surface area (Å²) in [6.07, 6.45) is -5.31. The lowest BCUT2D eigenvalue weighted by atomic mass is 9.95. The number of carbonyl (C=O) groups excluding carboxylic acids is 4. The molecule has 35 heavy (non-hydrogen) atoms. The Morgan fingerprint density at radius 2 is 1.37 bits per heavy atom. The summed E-state index contributed by atoms with van der Waals surface area (Å²) in [6.45, 7) is 2.39. The predicted octanol–water partition coefficient (Wildman–Crippen LogP) is -2.01. The molecule has 1 rings (SSSR count). The quantitative estimate of drug-likeness (QED) is 0.139. The number of aliphatic carboxylic acids is 2. The van der Waals surface area contributed by atoms with Crippen molar-refractivity contribution >= 4 is 53.1 Å². The van der Waals surface area contributed by atoms with Crippen LogP contribution in [-0.4, -0.2) is 106 Å². The summed E-state index contributed by atoms with van der Waals surface area (Å²) in [7, 11) is 0. The highest BCUT2D eigenvalue weighted by Gasteiger charge is 2.51. The first-order valence-electron chi connectivity index (χ1n) is 10.1. The van der Waals surface area contributed by atoms with E-state index in [-0.39, 0.29) is 5.11 Å². The number of carboxylic acids is 2.